The monoisotopic (exact) mass is 381 g/mol. The molecule has 1 fully saturated rings. The highest BCUT2D eigenvalue weighted by atomic mass is 16.2. The molecule has 0 radical (unpaired) electrons. The number of carbonyl (C=O) groups is 1. The van der Waals surface area contributed by atoms with Crippen LogP contribution in [0.3, 0.4) is 0 Å². The van der Waals surface area contributed by atoms with Crippen molar-refractivity contribution in [1.29, 1.82) is 0 Å². The summed E-state index contributed by atoms with van der Waals surface area (Å²) >= 11 is 0. The van der Waals surface area contributed by atoms with Crippen LogP contribution in [0.1, 0.15) is 91.5 Å². The molecule has 1 amide bonds. The van der Waals surface area contributed by atoms with E-state index in [9.17, 15) is 4.79 Å². The number of rotatable bonds is 7. The van der Waals surface area contributed by atoms with Crippen LogP contribution in [0.2, 0.25) is 0 Å². The van der Waals surface area contributed by atoms with E-state index >= 15 is 0 Å². The van der Waals surface area contributed by atoms with Gasteiger partial charge in [0.15, 0.2) is 0 Å². The van der Waals surface area contributed by atoms with E-state index in [4.69, 9.17) is 0 Å². The van der Waals surface area contributed by atoms with Gasteiger partial charge in [-0.3, -0.25) is 4.79 Å². The molecule has 1 aromatic rings. The van der Waals surface area contributed by atoms with Crippen LogP contribution in [0.4, 0.5) is 0 Å². The first-order valence-electron chi connectivity index (χ1n) is 11.4. The minimum atomic E-state index is -0.135. The second-order valence-electron chi connectivity index (χ2n) is 9.88. The molecule has 0 spiro atoms. The van der Waals surface area contributed by atoms with Gasteiger partial charge in [-0.25, -0.2) is 0 Å². The van der Waals surface area contributed by atoms with Crippen molar-refractivity contribution >= 4 is 11.5 Å². The lowest BCUT2D eigenvalue weighted by Gasteiger charge is -2.50. The maximum absolute atomic E-state index is 13.0. The lowest BCUT2D eigenvalue weighted by molar-refractivity contribution is -0.145. The van der Waals surface area contributed by atoms with Crippen molar-refractivity contribution < 1.29 is 4.79 Å². The summed E-state index contributed by atoms with van der Waals surface area (Å²) in [5, 5.41) is 0. The predicted octanol–water partition coefficient (Wildman–Crippen LogP) is 6.86. The second-order valence-corrected chi connectivity index (χ2v) is 9.88. The van der Waals surface area contributed by atoms with Crippen molar-refractivity contribution in [2.75, 3.05) is 0 Å². The number of nitrogens with zero attached hydrogens (tertiary/aromatic N) is 1. The number of benzene rings is 1. The number of unbranched alkanes of at least 4 members (excludes halogenated alkanes) is 2. The number of piperidine rings is 1. The number of allylic oxidation sites excluding steroid dienone is 1. The van der Waals surface area contributed by atoms with Gasteiger partial charge in [0.1, 0.15) is 0 Å². The first-order valence-corrected chi connectivity index (χ1v) is 11.4. The third-order valence-electron chi connectivity index (χ3n) is 6.99. The third kappa shape index (κ3) is 3.80. The van der Waals surface area contributed by atoms with Gasteiger partial charge < -0.3 is 4.90 Å². The molecule has 0 N–H and O–H groups in total. The van der Waals surface area contributed by atoms with E-state index < -0.39 is 0 Å². The summed E-state index contributed by atoms with van der Waals surface area (Å²) in [6.07, 6.45) is 11.7. The highest BCUT2D eigenvalue weighted by molar-refractivity contribution is 5.82. The van der Waals surface area contributed by atoms with E-state index in [1.54, 1.807) is 0 Å². The standard InChI is InChI=1S/C26H39NO/c1-6-8-17-26(18-9-7-2)21-15-16-24(28)27(25(3,4)5)23(21)19-22(26)20-13-11-10-12-14-20/h10-14,19,21,23H,6-9,15-18H2,1-5H3. The lowest BCUT2D eigenvalue weighted by Crippen LogP contribution is -2.57. The van der Waals surface area contributed by atoms with Gasteiger partial charge >= 0.3 is 0 Å². The molecule has 2 unspecified atom stereocenters. The number of fused-ring (bicyclic) bond motifs is 1. The summed E-state index contributed by atoms with van der Waals surface area (Å²) in [6.45, 7) is 11.2. The molecule has 0 bridgehead atoms. The number of carbonyl (C=O) groups excluding carboxylic acids is 1. The van der Waals surface area contributed by atoms with Gasteiger partial charge in [-0.05, 0) is 57.1 Å². The van der Waals surface area contributed by atoms with Gasteiger partial charge in [0.05, 0.1) is 6.04 Å². The molecule has 2 atom stereocenters. The normalized spacial score (nSPS) is 24.2. The highest BCUT2D eigenvalue weighted by Crippen LogP contribution is 2.59. The molecule has 28 heavy (non-hydrogen) atoms. The molecule has 1 aliphatic heterocycles. The van der Waals surface area contributed by atoms with E-state index in [-0.39, 0.29) is 17.0 Å². The molecule has 1 aliphatic carbocycles. The zero-order valence-electron chi connectivity index (χ0n) is 18.6. The van der Waals surface area contributed by atoms with Gasteiger partial charge in [-0.15, -0.1) is 0 Å². The fourth-order valence-electron chi connectivity index (χ4n) is 5.82. The van der Waals surface area contributed by atoms with Crippen LogP contribution < -0.4 is 0 Å². The number of hydrogen-bond acceptors (Lipinski definition) is 1. The van der Waals surface area contributed by atoms with E-state index in [2.05, 4.69) is 75.9 Å². The summed E-state index contributed by atoms with van der Waals surface area (Å²) in [6, 6.07) is 11.2. The predicted molar refractivity (Wildman–Crippen MR) is 119 cm³/mol. The molecule has 0 saturated carbocycles. The van der Waals surface area contributed by atoms with Crippen LogP contribution in [0.25, 0.3) is 5.57 Å². The van der Waals surface area contributed by atoms with Crippen LogP contribution in [0.15, 0.2) is 36.4 Å². The maximum atomic E-state index is 13.0. The Balaban J connectivity index is 2.12. The van der Waals surface area contributed by atoms with Crippen LogP contribution in [-0.4, -0.2) is 22.4 Å². The quantitative estimate of drug-likeness (QED) is 0.505. The molecule has 2 aliphatic rings. The second kappa shape index (κ2) is 8.43. The number of likely N-dealkylation sites (tertiary alicyclic amines) is 1. The maximum Gasteiger partial charge on any atom is 0.223 e. The summed E-state index contributed by atoms with van der Waals surface area (Å²) in [7, 11) is 0. The summed E-state index contributed by atoms with van der Waals surface area (Å²) < 4.78 is 0. The minimum Gasteiger partial charge on any atom is -0.331 e. The van der Waals surface area contributed by atoms with Crippen molar-refractivity contribution in [3.8, 4) is 0 Å². The zero-order chi connectivity index (χ0) is 20.4. The van der Waals surface area contributed by atoms with Gasteiger partial charge in [-0.2, -0.15) is 0 Å². The van der Waals surface area contributed by atoms with Crippen LogP contribution in [0.5, 0.6) is 0 Å². The highest BCUT2D eigenvalue weighted by Gasteiger charge is 2.54. The molecule has 1 saturated heterocycles. The Morgan fingerprint density at radius 3 is 2.18 bits per heavy atom. The van der Waals surface area contributed by atoms with Crippen LogP contribution >= 0.6 is 0 Å². The molecule has 2 heteroatoms. The minimum absolute atomic E-state index is 0.135. The lowest BCUT2D eigenvalue weighted by atomic mass is 9.62. The Labute approximate surface area is 172 Å². The van der Waals surface area contributed by atoms with E-state index in [1.165, 1.54) is 49.7 Å². The molecular weight excluding hydrogens is 342 g/mol. The van der Waals surface area contributed by atoms with Gasteiger partial charge in [0.25, 0.3) is 0 Å². The van der Waals surface area contributed by atoms with Crippen LogP contribution in [-0.2, 0) is 4.79 Å². The molecule has 3 rings (SSSR count). The van der Waals surface area contributed by atoms with Crippen molar-refractivity contribution in [2.45, 2.75) is 97.6 Å². The van der Waals surface area contributed by atoms with Gasteiger partial charge in [0, 0.05) is 17.4 Å². The number of hydrogen-bond donors (Lipinski definition) is 0. The third-order valence-corrected chi connectivity index (χ3v) is 6.99. The molecule has 0 aromatic heterocycles. The zero-order valence-corrected chi connectivity index (χ0v) is 18.6. The number of amides is 1. The molecular formula is C26H39NO. The Kier molecular flexibility index (Phi) is 6.37. The average molecular weight is 382 g/mol. The van der Waals surface area contributed by atoms with Crippen molar-refractivity contribution in [3.05, 3.63) is 42.0 Å². The van der Waals surface area contributed by atoms with Crippen molar-refractivity contribution in [3.63, 3.8) is 0 Å². The largest absolute Gasteiger partial charge is 0.331 e. The fourth-order valence-corrected chi connectivity index (χ4v) is 5.82. The summed E-state index contributed by atoms with van der Waals surface area (Å²) in [5.41, 5.74) is 2.96. The van der Waals surface area contributed by atoms with E-state index in [1.807, 2.05) is 0 Å². The van der Waals surface area contributed by atoms with Crippen molar-refractivity contribution in [2.24, 2.45) is 11.3 Å². The Morgan fingerprint density at radius 1 is 1.04 bits per heavy atom. The van der Waals surface area contributed by atoms with E-state index in [0.29, 0.717) is 18.2 Å². The Bertz CT molecular complexity index is 689. The SMILES string of the molecule is CCCCC1(CCCC)C(c2ccccc2)=CC2C1CCC(=O)N2C(C)(C)C. The first-order chi connectivity index (χ1) is 13.3. The molecule has 1 heterocycles. The van der Waals surface area contributed by atoms with E-state index in [0.717, 1.165) is 6.42 Å². The average Bonchev–Trinajstić information content (AvgIpc) is 2.98. The van der Waals surface area contributed by atoms with Gasteiger partial charge in [-0.1, -0.05) is 75.9 Å². The summed E-state index contributed by atoms with van der Waals surface area (Å²) in [5.74, 6) is 0.886. The van der Waals surface area contributed by atoms with Crippen molar-refractivity contribution in [1.82, 2.24) is 4.90 Å². The van der Waals surface area contributed by atoms with Gasteiger partial charge in [0.2, 0.25) is 5.91 Å². The molecule has 2 nitrogen and oxygen atoms in total. The molecule has 154 valence electrons. The topological polar surface area (TPSA) is 20.3 Å². The smallest absolute Gasteiger partial charge is 0.223 e. The fraction of sp³-hybridized carbons (Fsp3) is 0.654. The first kappa shape index (κ1) is 21.1. The van der Waals surface area contributed by atoms with Crippen LogP contribution in [0, 0.1) is 11.3 Å². The Hall–Kier alpha value is -1.57. The summed E-state index contributed by atoms with van der Waals surface area (Å²) in [4.78, 5) is 15.2. The molecule has 1 aromatic carbocycles. The Morgan fingerprint density at radius 2 is 1.64 bits per heavy atom.